The molecule has 0 unspecified atom stereocenters. The van der Waals surface area contributed by atoms with Crippen LogP contribution in [0.5, 0.6) is 0 Å². The van der Waals surface area contributed by atoms with Gasteiger partial charge in [-0.2, -0.15) is 0 Å². The summed E-state index contributed by atoms with van der Waals surface area (Å²) < 4.78 is 0. The molecule has 1 fully saturated rings. The van der Waals surface area contributed by atoms with Gasteiger partial charge in [0.15, 0.2) is 0 Å². The Kier molecular flexibility index (Phi) is 6.84. The van der Waals surface area contributed by atoms with E-state index in [0.717, 1.165) is 38.5 Å². The lowest BCUT2D eigenvalue weighted by Crippen LogP contribution is -2.51. The van der Waals surface area contributed by atoms with Crippen LogP contribution in [-0.2, 0) is 9.59 Å². The van der Waals surface area contributed by atoms with Gasteiger partial charge >= 0.3 is 0 Å². The van der Waals surface area contributed by atoms with Gasteiger partial charge in [0.05, 0.1) is 12.0 Å². The van der Waals surface area contributed by atoms with Crippen molar-refractivity contribution in [2.24, 2.45) is 11.7 Å². The molecule has 110 valence electrons. The number of nitrogens with one attached hydrogen (secondary N) is 2. The third-order valence-corrected chi connectivity index (χ3v) is 3.79. The van der Waals surface area contributed by atoms with Crippen LogP contribution >= 0.6 is 0 Å². The van der Waals surface area contributed by atoms with Gasteiger partial charge in [0.1, 0.15) is 0 Å². The molecule has 0 saturated heterocycles. The van der Waals surface area contributed by atoms with Crippen LogP contribution in [0.4, 0.5) is 0 Å². The van der Waals surface area contributed by atoms with Gasteiger partial charge < -0.3 is 16.4 Å². The molecule has 0 heterocycles. The summed E-state index contributed by atoms with van der Waals surface area (Å²) in [5.74, 6) is -0.404. The largest absolute Gasteiger partial charge is 0.369 e. The van der Waals surface area contributed by atoms with Crippen molar-refractivity contribution in [3.63, 3.8) is 0 Å². The summed E-state index contributed by atoms with van der Waals surface area (Å²) in [7, 11) is 0. The van der Waals surface area contributed by atoms with Crippen LogP contribution in [0, 0.1) is 5.92 Å². The van der Waals surface area contributed by atoms with Crippen molar-refractivity contribution in [1.29, 1.82) is 0 Å². The first-order chi connectivity index (χ1) is 9.06. The first-order valence-corrected chi connectivity index (χ1v) is 7.39. The molecule has 2 amide bonds. The first-order valence-electron chi connectivity index (χ1n) is 7.39. The highest BCUT2D eigenvalue weighted by Gasteiger charge is 2.30. The van der Waals surface area contributed by atoms with Crippen LogP contribution in [0.15, 0.2) is 0 Å². The predicted molar refractivity (Wildman–Crippen MR) is 75.5 cm³/mol. The second kappa shape index (κ2) is 8.15. The lowest BCUT2D eigenvalue weighted by molar-refractivity contribution is -0.125. The summed E-state index contributed by atoms with van der Waals surface area (Å²) in [5, 5.41) is 6.15. The van der Waals surface area contributed by atoms with E-state index in [9.17, 15) is 9.59 Å². The lowest BCUT2D eigenvalue weighted by Gasteiger charge is -2.26. The fraction of sp³-hybridized carbons (Fsp3) is 0.857. The van der Waals surface area contributed by atoms with E-state index in [1.54, 1.807) is 0 Å². The van der Waals surface area contributed by atoms with E-state index in [4.69, 9.17) is 5.73 Å². The molecule has 3 atom stereocenters. The highest BCUT2D eigenvalue weighted by Crippen LogP contribution is 2.23. The van der Waals surface area contributed by atoms with E-state index in [-0.39, 0.29) is 29.8 Å². The number of rotatable bonds is 6. The number of hydrogen-bond donors (Lipinski definition) is 3. The fourth-order valence-electron chi connectivity index (χ4n) is 2.65. The number of nitrogens with two attached hydrogens (primary N) is 1. The molecule has 0 spiro atoms. The van der Waals surface area contributed by atoms with Crippen molar-refractivity contribution in [2.75, 3.05) is 6.54 Å². The highest BCUT2D eigenvalue weighted by molar-refractivity contribution is 5.81. The van der Waals surface area contributed by atoms with Crippen molar-refractivity contribution in [2.45, 2.75) is 64.5 Å². The number of hydrogen-bond acceptors (Lipinski definition) is 3. The third kappa shape index (κ3) is 5.19. The monoisotopic (exact) mass is 269 g/mol. The van der Waals surface area contributed by atoms with Crippen LogP contribution in [0.3, 0.4) is 0 Å². The number of amides is 2. The summed E-state index contributed by atoms with van der Waals surface area (Å²) >= 11 is 0. The van der Waals surface area contributed by atoms with E-state index in [1.807, 2.05) is 13.8 Å². The van der Waals surface area contributed by atoms with Crippen LogP contribution in [-0.4, -0.2) is 30.4 Å². The minimum absolute atomic E-state index is 0.00526. The molecule has 0 aromatic rings. The predicted octanol–water partition coefficient (Wildman–Crippen LogP) is 0.925. The van der Waals surface area contributed by atoms with Crippen molar-refractivity contribution in [3.8, 4) is 0 Å². The average molecular weight is 269 g/mol. The molecule has 0 bridgehead atoms. The van der Waals surface area contributed by atoms with Gasteiger partial charge in [-0.15, -0.1) is 0 Å². The van der Waals surface area contributed by atoms with Gasteiger partial charge in [-0.25, -0.2) is 0 Å². The Morgan fingerprint density at radius 2 is 1.95 bits per heavy atom. The average Bonchev–Trinajstić information content (AvgIpc) is 2.61. The zero-order valence-electron chi connectivity index (χ0n) is 12.1. The molecular formula is C14H27N3O2. The molecule has 0 aromatic carbocycles. The van der Waals surface area contributed by atoms with Crippen LogP contribution in [0.1, 0.15) is 52.4 Å². The molecule has 5 heteroatoms. The first kappa shape index (κ1) is 16.0. The summed E-state index contributed by atoms with van der Waals surface area (Å²) in [6.07, 6.45) is 5.94. The molecule has 1 saturated carbocycles. The summed E-state index contributed by atoms with van der Waals surface area (Å²) in [4.78, 5) is 23.4. The van der Waals surface area contributed by atoms with Crippen molar-refractivity contribution >= 4 is 11.8 Å². The van der Waals surface area contributed by atoms with Crippen molar-refractivity contribution in [1.82, 2.24) is 10.6 Å². The Morgan fingerprint density at radius 1 is 1.26 bits per heavy atom. The summed E-state index contributed by atoms with van der Waals surface area (Å²) in [6, 6.07) is -0.251. The van der Waals surface area contributed by atoms with Gasteiger partial charge in [0.25, 0.3) is 0 Å². The standard InChI is InChI=1S/C14H27N3O2/c1-3-9-16-14(19)10(2)17-12-8-6-4-5-7-11(12)13(15)18/h10-12,17H,3-9H2,1-2H3,(H2,15,18)(H,16,19)/t10-,11+,12+/m0/s1. The molecule has 4 N–H and O–H groups in total. The summed E-state index contributed by atoms with van der Waals surface area (Å²) in [6.45, 7) is 4.55. The SMILES string of the molecule is CCCNC(=O)[C@H](C)N[C@@H]1CCCCC[C@H]1C(N)=O. The van der Waals surface area contributed by atoms with Gasteiger partial charge in [-0.05, 0) is 26.2 Å². The molecule has 19 heavy (non-hydrogen) atoms. The molecule has 0 aromatic heterocycles. The van der Waals surface area contributed by atoms with Crippen molar-refractivity contribution in [3.05, 3.63) is 0 Å². The van der Waals surface area contributed by atoms with E-state index < -0.39 is 0 Å². The van der Waals surface area contributed by atoms with E-state index in [1.165, 1.54) is 0 Å². The Balaban J connectivity index is 2.55. The highest BCUT2D eigenvalue weighted by atomic mass is 16.2. The number of primary amides is 1. The molecule has 0 aliphatic heterocycles. The number of carbonyl (C=O) groups excluding carboxylic acids is 2. The van der Waals surface area contributed by atoms with Crippen molar-refractivity contribution < 1.29 is 9.59 Å². The van der Waals surface area contributed by atoms with E-state index in [0.29, 0.717) is 6.54 Å². The van der Waals surface area contributed by atoms with E-state index >= 15 is 0 Å². The van der Waals surface area contributed by atoms with Gasteiger partial charge in [0.2, 0.25) is 11.8 Å². The Hall–Kier alpha value is -1.10. The number of carbonyl (C=O) groups is 2. The zero-order chi connectivity index (χ0) is 14.3. The Bertz CT molecular complexity index is 307. The molecule has 1 rings (SSSR count). The zero-order valence-corrected chi connectivity index (χ0v) is 12.1. The summed E-state index contributed by atoms with van der Waals surface area (Å²) in [5.41, 5.74) is 5.48. The van der Waals surface area contributed by atoms with Gasteiger partial charge in [-0.3, -0.25) is 9.59 Å². The van der Waals surface area contributed by atoms with Crippen LogP contribution in [0.25, 0.3) is 0 Å². The Morgan fingerprint density at radius 3 is 2.58 bits per heavy atom. The quantitative estimate of drug-likeness (QED) is 0.627. The lowest BCUT2D eigenvalue weighted by atomic mass is 9.93. The fourth-order valence-corrected chi connectivity index (χ4v) is 2.65. The third-order valence-electron chi connectivity index (χ3n) is 3.79. The normalized spacial score (nSPS) is 25.4. The molecule has 5 nitrogen and oxygen atoms in total. The van der Waals surface area contributed by atoms with E-state index in [2.05, 4.69) is 10.6 Å². The second-order valence-corrected chi connectivity index (χ2v) is 5.43. The smallest absolute Gasteiger partial charge is 0.236 e. The minimum atomic E-state index is -0.281. The Labute approximate surface area is 115 Å². The molecule has 1 aliphatic rings. The van der Waals surface area contributed by atoms with Gasteiger partial charge in [-0.1, -0.05) is 26.2 Å². The molecular weight excluding hydrogens is 242 g/mol. The maximum absolute atomic E-state index is 11.8. The van der Waals surface area contributed by atoms with Crippen LogP contribution < -0.4 is 16.4 Å². The maximum atomic E-state index is 11.8. The molecule has 0 radical (unpaired) electrons. The van der Waals surface area contributed by atoms with Crippen LogP contribution in [0.2, 0.25) is 0 Å². The topological polar surface area (TPSA) is 84.2 Å². The minimum Gasteiger partial charge on any atom is -0.369 e. The molecule has 1 aliphatic carbocycles. The van der Waals surface area contributed by atoms with Gasteiger partial charge in [0, 0.05) is 12.6 Å². The maximum Gasteiger partial charge on any atom is 0.236 e. The second-order valence-electron chi connectivity index (χ2n) is 5.43.